The molecule has 1 aromatic rings. The van der Waals surface area contributed by atoms with Crippen LogP contribution in [-0.4, -0.2) is 21.6 Å². The molecule has 6 nitrogen and oxygen atoms in total. The second-order valence-corrected chi connectivity index (χ2v) is 3.77. The Bertz CT molecular complexity index is 415. The maximum Gasteiger partial charge on any atom is 0.264 e. The first-order chi connectivity index (χ1) is 7.10. The number of H-pyrrole nitrogens is 1. The van der Waals surface area contributed by atoms with Gasteiger partial charge >= 0.3 is 0 Å². The Balaban J connectivity index is 2.05. The molecule has 15 heavy (non-hydrogen) atoms. The molecule has 0 radical (unpaired) electrons. The van der Waals surface area contributed by atoms with Crippen LogP contribution in [0.2, 0.25) is 0 Å². The normalized spacial score (nSPS) is 17.9. The second kappa shape index (κ2) is 3.47. The number of nitrogens with two attached hydrogens (primary N) is 1. The van der Waals surface area contributed by atoms with E-state index in [0.29, 0.717) is 18.7 Å². The number of carbonyl (C=O) groups excluding carboxylic acids is 1. The Hall–Kier alpha value is -1.69. The molecule has 4 N–H and O–H groups in total. The van der Waals surface area contributed by atoms with Gasteiger partial charge in [0, 0.05) is 6.07 Å². The zero-order valence-electron chi connectivity index (χ0n) is 8.12. The van der Waals surface area contributed by atoms with Crippen molar-refractivity contribution >= 4 is 11.7 Å². The third-order valence-corrected chi connectivity index (χ3v) is 2.62. The molecule has 1 fully saturated rings. The number of aromatic nitrogens is 2. The summed E-state index contributed by atoms with van der Waals surface area (Å²) in [6, 6.07) is 2.74. The minimum Gasteiger partial charge on any atom is -0.317 e. The highest BCUT2D eigenvalue weighted by molar-refractivity contribution is 5.97. The zero-order valence-corrected chi connectivity index (χ0v) is 8.12. The first kappa shape index (κ1) is 9.85. The molecule has 1 saturated carbocycles. The number of hydrogen-bond donors (Lipinski definition) is 3. The van der Waals surface area contributed by atoms with Crippen molar-refractivity contribution < 1.29 is 4.79 Å². The van der Waals surface area contributed by atoms with Crippen molar-refractivity contribution in [2.45, 2.75) is 24.8 Å². The van der Waals surface area contributed by atoms with Gasteiger partial charge in [-0.05, 0) is 25.3 Å². The predicted molar refractivity (Wildman–Crippen MR) is 54.3 cm³/mol. The van der Waals surface area contributed by atoms with Gasteiger partial charge in [0.05, 0.1) is 5.54 Å². The third-order valence-electron chi connectivity index (χ3n) is 2.62. The van der Waals surface area contributed by atoms with Gasteiger partial charge in [-0.1, -0.05) is 0 Å². The molecule has 6 heteroatoms. The number of carbonyl (C=O) groups is 1. The summed E-state index contributed by atoms with van der Waals surface area (Å²) >= 11 is 0. The summed E-state index contributed by atoms with van der Waals surface area (Å²) in [4.78, 5) is 22.3. The van der Waals surface area contributed by atoms with Gasteiger partial charge in [-0.3, -0.25) is 9.59 Å². The summed E-state index contributed by atoms with van der Waals surface area (Å²) in [6.45, 7) is 0. The van der Waals surface area contributed by atoms with Crippen LogP contribution >= 0.6 is 0 Å². The number of hydrogen-bond acceptors (Lipinski definition) is 4. The topological polar surface area (TPSA) is 101 Å². The van der Waals surface area contributed by atoms with E-state index in [-0.39, 0.29) is 11.5 Å². The van der Waals surface area contributed by atoms with E-state index in [1.807, 2.05) is 0 Å². The van der Waals surface area contributed by atoms with Crippen LogP contribution in [0, 0.1) is 0 Å². The van der Waals surface area contributed by atoms with E-state index in [4.69, 9.17) is 5.73 Å². The fourth-order valence-corrected chi connectivity index (χ4v) is 1.44. The molecule has 0 bridgehead atoms. The van der Waals surface area contributed by atoms with Crippen molar-refractivity contribution in [2.75, 3.05) is 5.32 Å². The molecule has 0 unspecified atom stereocenters. The van der Waals surface area contributed by atoms with E-state index < -0.39 is 5.54 Å². The first-order valence-electron chi connectivity index (χ1n) is 4.76. The Morgan fingerprint density at radius 3 is 2.73 bits per heavy atom. The summed E-state index contributed by atoms with van der Waals surface area (Å²) in [7, 11) is 0. The molecule has 1 aliphatic rings. The highest BCUT2D eigenvalue weighted by Crippen LogP contribution is 2.29. The molecule has 0 aliphatic heterocycles. The molecule has 80 valence electrons. The lowest BCUT2D eigenvalue weighted by molar-refractivity contribution is -0.123. The van der Waals surface area contributed by atoms with Crippen LogP contribution in [0.15, 0.2) is 16.9 Å². The number of nitrogens with zero attached hydrogens (tertiary/aromatic N) is 1. The second-order valence-electron chi connectivity index (χ2n) is 3.77. The van der Waals surface area contributed by atoms with E-state index >= 15 is 0 Å². The summed E-state index contributed by atoms with van der Waals surface area (Å²) < 4.78 is 0. The number of amides is 1. The van der Waals surface area contributed by atoms with Crippen LogP contribution in [0.1, 0.15) is 19.3 Å². The quantitative estimate of drug-likeness (QED) is 0.615. The SMILES string of the molecule is NC1(C(=O)Nc2ccc(=O)[nH]n2)CCC1. The van der Waals surface area contributed by atoms with Crippen LogP contribution in [0.4, 0.5) is 5.82 Å². The molecular formula is C9H12N4O2. The Morgan fingerprint density at radius 1 is 1.53 bits per heavy atom. The molecule has 1 aliphatic carbocycles. The van der Waals surface area contributed by atoms with Gasteiger partial charge in [-0.25, -0.2) is 5.10 Å². The molecule has 1 aromatic heterocycles. The molecule has 1 heterocycles. The third kappa shape index (κ3) is 1.89. The highest BCUT2D eigenvalue weighted by atomic mass is 16.2. The van der Waals surface area contributed by atoms with Crippen molar-refractivity contribution in [3.05, 3.63) is 22.5 Å². The lowest BCUT2D eigenvalue weighted by Gasteiger charge is -2.35. The van der Waals surface area contributed by atoms with Gasteiger partial charge in [-0.15, -0.1) is 0 Å². The molecule has 2 rings (SSSR count). The Kier molecular flexibility index (Phi) is 2.28. The average Bonchev–Trinajstić information content (AvgIpc) is 2.18. The monoisotopic (exact) mass is 208 g/mol. The molecule has 1 amide bonds. The number of nitrogens with one attached hydrogen (secondary N) is 2. The fraction of sp³-hybridized carbons (Fsp3) is 0.444. The number of rotatable bonds is 2. The molecular weight excluding hydrogens is 196 g/mol. The molecule has 0 atom stereocenters. The van der Waals surface area contributed by atoms with Crippen LogP contribution in [0.3, 0.4) is 0 Å². The minimum absolute atomic E-state index is 0.242. The summed E-state index contributed by atoms with van der Waals surface area (Å²) in [5.74, 6) is 0.0737. The van der Waals surface area contributed by atoms with Crippen molar-refractivity contribution in [3.8, 4) is 0 Å². The maximum absolute atomic E-state index is 11.6. The lowest BCUT2D eigenvalue weighted by atomic mass is 9.77. The Morgan fingerprint density at radius 2 is 2.27 bits per heavy atom. The van der Waals surface area contributed by atoms with Crippen molar-refractivity contribution in [1.82, 2.24) is 10.2 Å². The zero-order chi connectivity index (χ0) is 10.9. The van der Waals surface area contributed by atoms with E-state index in [1.165, 1.54) is 12.1 Å². The summed E-state index contributed by atoms with van der Waals surface area (Å²) in [6.07, 6.45) is 2.37. The van der Waals surface area contributed by atoms with Gasteiger partial charge in [0.25, 0.3) is 5.56 Å². The van der Waals surface area contributed by atoms with E-state index in [0.717, 1.165) is 6.42 Å². The van der Waals surface area contributed by atoms with Crippen LogP contribution in [-0.2, 0) is 4.79 Å². The summed E-state index contributed by atoms with van der Waals surface area (Å²) in [5, 5.41) is 8.46. The van der Waals surface area contributed by atoms with Crippen molar-refractivity contribution in [1.29, 1.82) is 0 Å². The fourth-order valence-electron chi connectivity index (χ4n) is 1.44. The predicted octanol–water partition coefficient (Wildman–Crippen LogP) is -0.410. The van der Waals surface area contributed by atoms with Gasteiger partial charge in [0.15, 0.2) is 5.82 Å². The first-order valence-corrected chi connectivity index (χ1v) is 4.76. The highest BCUT2D eigenvalue weighted by Gasteiger charge is 2.40. The van der Waals surface area contributed by atoms with Gasteiger partial charge in [0.1, 0.15) is 0 Å². The molecule has 0 aromatic carbocycles. The van der Waals surface area contributed by atoms with Crippen LogP contribution in [0.5, 0.6) is 0 Å². The maximum atomic E-state index is 11.6. The average molecular weight is 208 g/mol. The van der Waals surface area contributed by atoms with Gasteiger partial charge in [0.2, 0.25) is 5.91 Å². The van der Waals surface area contributed by atoms with Crippen molar-refractivity contribution in [3.63, 3.8) is 0 Å². The van der Waals surface area contributed by atoms with E-state index in [9.17, 15) is 9.59 Å². The van der Waals surface area contributed by atoms with Crippen LogP contribution < -0.4 is 16.6 Å². The van der Waals surface area contributed by atoms with Gasteiger partial charge < -0.3 is 11.1 Å². The smallest absolute Gasteiger partial charge is 0.264 e. The van der Waals surface area contributed by atoms with Crippen LogP contribution in [0.25, 0.3) is 0 Å². The van der Waals surface area contributed by atoms with E-state index in [2.05, 4.69) is 15.5 Å². The molecule has 0 spiro atoms. The molecule has 0 saturated heterocycles. The Labute approximate surface area is 85.9 Å². The summed E-state index contributed by atoms with van der Waals surface area (Å²) in [5.41, 5.74) is 4.75. The largest absolute Gasteiger partial charge is 0.317 e. The standard InChI is InChI=1S/C9H12N4O2/c10-9(4-1-5-9)8(15)11-6-2-3-7(14)13-12-6/h2-3H,1,4-5,10H2,(H,13,14)(H,11,12,15). The van der Waals surface area contributed by atoms with Crippen molar-refractivity contribution in [2.24, 2.45) is 5.73 Å². The minimum atomic E-state index is -0.752. The van der Waals surface area contributed by atoms with Gasteiger partial charge in [-0.2, -0.15) is 5.10 Å². The van der Waals surface area contributed by atoms with E-state index in [1.54, 1.807) is 0 Å². The number of aromatic amines is 1. The number of anilines is 1. The lowest BCUT2D eigenvalue weighted by Crippen LogP contribution is -2.56.